The van der Waals surface area contributed by atoms with Gasteiger partial charge in [-0.25, -0.2) is 4.39 Å². The van der Waals surface area contributed by atoms with E-state index in [0.29, 0.717) is 24.0 Å². The van der Waals surface area contributed by atoms with Gasteiger partial charge in [0.15, 0.2) is 5.65 Å². The number of benzene rings is 2. The highest BCUT2D eigenvalue weighted by Gasteiger charge is 2.13. The standard InChI is InChI=1S/C20H20FN7/c1-28-19-16(11-24-28)18(25-15-9-7-14(21)8-10-15)26-20(27-19)23-12-17(22)13-5-3-2-4-6-13/h2-11,17H,12,22H2,1H3,(H2,23,25,26,27)/t17-/m0/s1. The van der Waals surface area contributed by atoms with Crippen molar-refractivity contribution < 1.29 is 4.39 Å². The number of nitrogens with one attached hydrogen (secondary N) is 2. The van der Waals surface area contributed by atoms with Crippen LogP contribution in [0.5, 0.6) is 0 Å². The van der Waals surface area contributed by atoms with Gasteiger partial charge in [0, 0.05) is 25.3 Å². The van der Waals surface area contributed by atoms with Gasteiger partial charge in [0.05, 0.1) is 11.6 Å². The highest BCUT2D eigenvalue weighted by molar-refractivity contribution is 5.89. The Morgan fingerprint density at radius 3 is 2.57 bits per heavy atom. The summed E-state index contributed by atoms with van der Waals surface area (Å²) < 4.78 is 14.8. The fraction of sp³-hybridized carbons (Fsp3) is 0.150. The molecule has 0 spiro atoms. The van der Waals surface area contributed by atoms with E-state index >= 15 is 0 Å². The third-order valence-electron chi connectivity index (χ3n) is 4.41. The van der Waals surface area contributed by atoms with Crippen molar-refractivity contribution in [1.29, 1.82) is 0 Å². The van der Waals surface area contributed by atoms with Gasteiger partial charge in [0.25, 0.3) is 0 Å². The summed E-state index contributed by atoms with van der Waals surface area (Å²) in [6.45, 7) is 0.476. The molecule has 0 aliphatic carbocycles. The summed E-state index contributed by atoms with van der Waals surface area (Å²) in [6.07, 6.45) is 1.70. The number of hydrogen-bond donors (Lipinski definition) is 3. The molecule has 2 aromatic carbocycles. The quantitative estimate of drug-likeness (QED) is 0.477. The minimum absolute atomic E-state index is 0.194. The van der Waals surface area contributed by atoms with Gasteiger partial charge >= 0.3 is 0 Å². The van der Waals surface area contributed by atoms with Crippen LogP contribution in [0.1, 0.15) is 11.6 Å². The Kier molecular flexibility index (Phi) is 4.86. The van der Waals surface area contributed by atoms with Crippen LogP contribution in [0.25, 0.3) is 11.0 Å². The molecule has 0 radical (unpaired) electrons. The number of aryl methyl sites for hydroxylation is 1. The number of anilines is 3. The van der Waals surface area contributed by atoms with E-state index in [1.165, 1.54) is 12.1 Å². The fourth-order valence-electron chi connectivity index (χ4n) is 2.89. The van der Waals surface area contributed by atoms with Crippen molar-refractivity contribution in [1.82, 2.24) is 19.7 Å². The molecule has 2 aromatic heterocycles. The van der Waals surface area contributed by atoms with E-state index in [2.05, 4.69) is 25.7 Å². The highest BCUT2D eigenvalue weighted by Crippen LogP contribution is 2.25. The SMILES string of the molecule is Cn1ncc2c(Nc3ccc(F)cc3)nc(NC[C@H](N)c3ccccc3)nc21. The molecule has 4 N–H and O–H groups in total. The summed E-state index contributed by atoms with van der Waals surface area (Å²) in [5.74, 6) is 0.726. The van der Waals surface area contributed by atoms with Crippen LogP contribution in [0.2, 0.25) is 0 Å². The normalized spacial score (nSPS) is 12.1. The first-order chi connectivity index (χ1) is 13.6. The first-order valence-corrected chi connectivity index (χ1v) is 8.87. The average Bonchev–Trinajstić information content (AvgIpc) is 3.10. The average molecular weight is 377 g/mol. The summed E-state index contributed by atoms with van der Waals surface area (Å²) in [7, 11) is 1.82. The number of aromatic nitrogens is 4. The molecule has 0 saturated heterocycles. The van der Waals surface area contributed by atoms with Gasteiger partial charge < -0.3 is 16.4 Å². The molecule has 28 heavy (non-hydrogen) atoms. The van der Waals surface area contributed by atoms with Crippen LogP contribution in [-0.4, -0.2) is 26.3 Å². The lowest BCUT2D eigenvalue weighted by Crippen LogP contribution is -2.21. The Morgan fingerprint density at radius 1 is 1.07 bits per heavy atom. The van der Waals surface area contributed by atoms with Gasteiger partial charge in [0.2, 0.25) is 5.95 Å². The lowest BCUT2D eigenvalue weighted by molar-refractivity contribution is 0.628. The van der Waals surface area contributed by atoms with Crippen molar-refractivity contribution >= 4 is 28.5 Å². The predicted molar refractivity (Wildman–Crippen MR) is 108 cm³/mol. The molecule has 142 valence electrons. The Morgan fingerprint density at radius 2 is 1.82 bits per heavy atom. The first kappa shape index (κ1) is 17.9. The van der Waals surface area contributed by atoms with Crippen LogP contribution >= 0.6 is 0 Å². The molecule has 4 rings (SSSR count). The van der Waals surface area contributed by atoms with Crippen LogP contribution in [0.4, 0.5) is 21.8 Å². The second kappa shape index (κ2) is 7.61. The van der Waals surface area contributed by atoms with Crippen molar-refractivity contribution in [2.45, 2.75) is 6.04 Å². The van der Waals surface area contributed by atoms with Crippen molar-refractivity contribution in [2.75, 3.05) is 17.2 Å². The van der Waals surface area contributed by atoms with Crippen LogP contribution in [0, 0.1) is 5.82 Å². The Balaban J connectivity index is 1.60. The number of nitrogens with two attached hydrogens (primary N) is 1. The summed E-state index contributed by atoms with van der Waals surface area (Å²) in [5.41, 5.74) is 8.68. The van der Waals surface area contributed by atoms with Crippen LogP contribution in [-0.2, 0) is 7.05 Å². The summed E-state index contributed by atoms with van der Waals surface area (Å²) in [6, 6.07) is 15.7. The van der Waals surface area contributed by atoms with Crippen LogP contribution in [0.15, 0.2) is 60.8 Å². The van der Waals surface area contributed by atoms with Crippen LogP contribution in [0.3, 0.4) is 0 Å². The Hall–Kier alpha value is -3.52. The van der Waals surface area contributed by atoms with E-state index in [-0.39, 0.29) is 11.9 Å². The molecule has 1 atom stereocenters. The van der Waals surface area contributed by atoms with Crippen molar-refractivity contribution in [3.05, 3.63) is 72.2 Å². The minimum atomic E-state index is -0.294. The van der Waals surface area contributed by atoms with E-state index in [9.17, 15) is 4.39 Å². The number of halogens is 1. The molecule has 0 amide bonds. The van der Waals surface area contributed by atoms with Gasteiger partial charge in [-0.2, -0.15) is 15.1 Å². The second-order valence-electron chi connectivity index (χ2n) is 6.43. The lowest BCUT2D eigenvalue weighted by Gasteiger charge is -2.14. The van der Waals surface area contributed by atoms with Crippen molar-refractivity contribution in [3.8, 4) is 0 Å². The molecule has 7 nitrogen and oxygen atoms in total. The van der Waals surface area contributed by atoms with Crippen molar-refractivity contribution in [3.63, 3.8) is 0 Å². The Labute approximate surface area is 161 Å². The smallest absolute Gasteiger partial charge is 0.226 e. The number of hydrogen-bond acceptors (Lipinski definition) is 6. The summed E-state index contributed by atoms with van der Waals surface area (Å²) in [4.78, 5) is 9.10. The second-order valence-corrected chi connectivity index (χ2v) is 6.43. The summed E-state index contributed by atoms with van der Waals surface area (Å²) in [5, 5.41) is 11.4. The largest absolute Gasteiger partial charge is 0.352 e. The van der Waals surface area contributed by atoms with E-state index in [4.69, 9.17) is 5.73 Å². The fourth-order valence-corrected chi connectivity index (χ4v) is 2.89. The van der Waals surface area contributed by atoms with Gasteiger partial charge in [-0.15, -0.1) is 0 Å². The zero-order valence-corrected chi connectivity index (χ0v) is 15.3. The van der Waals surface area contributed by atoms with Gasteiger partial charge in [-0.1, -0.05) is 30.3 Å². The predicted octanol–water partition coefficient (Wildman–Crippen LogP) is 3.36. The number of rotatable bonds is 6. The van der Waals surface area contributed by atoms with Gasteiger partial charge in [-0.3, -0.25) is 4.68 Å². The number of nitrogens with zero attached hydrogens (tertiary/aromatic N) is 4. The Bertz CT molecular complexity index is 1080. The van der Waals surface area contributed by atoms with Crippen LogP contribution < -0.4 is 16.4 Å². The van der Waals surface area contributed by atoms with Crippen molar-refractivity contribution in [2.24, 2.45) is 12.8 Å². The molecule has 4 aromatic rings. The zero-order chi connectivity index (χ0) is 19.5. The number of fused-ring (bicyclic) bond motifs is 1. The molecule has 0 aliphatic rings. The molecule has 0 unspecified atom stereocenters. The van der Waals surface area contributed by atoms with Gasteiger partial charge in [0.1, 0.15) is 11.6 Å². The lowest BCUT2D eigenvalue weighted by atomic mass is 10.1. The maximum Gasteiger partial charge on any atom is 0.226 e. The monoisotopic (exact) mass is 377 g/mol. The van der Waals surface area contributed by atoms with E-state index in [0.717, 1.165) is 16.6 Å². The maximum atomic E-state index is 13.2. The molecule has 2 heterocycles. The third kappa shape index (κ3) is 3.77. The minimum Gasteiger partial charge on any atom is -0.352 e. The van der Waals surface area contributed by atoms with E-state index in [1.54, 1.807) is 23.0 Å². The van der Waals surface area contributed by atoms with E-state index in [1.807, 2.05) is 37.4 Å². The molecule has 0 fully saturated rings. The molecular weight excluding hydrogens is 357 g/mol. The molecule has 0 bridgehead atoms. The molecule has 8 heteroatoms. The zero-order valence-electron chi connectivity index (χ0n) is 15.3. The topological polar surface area (TPSA) is 93.7 Å². The molecule has 0 aliphatic heterocycles. The molecule has 0 saturated carbocycles. The first-order valence-electron chi connectivity index (χ1n) is 8.87. The highest BCUT2D eigenvalue weighted by atomic mass is 19.1. The molecular formula is C20H20FN7. The van der Waals surface area contributed by atoms with Gasteiger partial charge in [-0.05, 0) is 29.8 Å². The maximum absolute atomic E-state index is 13.2. The van der Waals surface area contributed by atoms with E-state index < -0.39 is 0 Å². The third-order valence-corrected chi connectivity index (χ3v) is 4.41. The summed E-state index contributed by atoms with van der Waals surface area (Å²) >= 11 is 0.